The number of nitrogens with zero attached hydrogens (tertiary/aromatic N) is 1. The Balaban J connectivity index is 0.00000324. The lowest BCUT2D eigenvalue weighted by Gasteiger charge is -2.26. The van der Waals surface area contributed by atoms with Crippen LogP contribution in [0.3, 0.4) is 0 Å². The van der Waals surface area contributed by atoms with Gasteiger partial charge in [0.05, 0.1) is 6.61 Å². The molecule has 1 aliphatic rings. The Labute approximate surface area is 122 Å². The average Bonchev–Trinajstić information content (AvgIpc) is 2.72. The number of likely N-dealkylation sites (tertiary alicyclic amines) is 1. The lowest BCUT2D eigenvalue weighted by atomic mass is 10.1. The summed E-state index contributed by atoms with van der Waals surface area (Å²) in [5, 5.41) is 2.93. The second-order valence-electron chi connectivity index (χ2n) is 5.49. The monoisotopic (exact) mass is 293 g/mol. The van der Waals surface area contributed by atoms with Gasteiger partial charge < -0.3 is 15.8 Å². The molecule has 1 saturated heterocycles. The molecule has 0 aromatic rings. The van der Waals surface area contributed by atoms with Crippen LogP contribution >= 0.6 is 12.4 Å². The first-order valence-corrected chi connectivity index (χ1v) is 6.80. The number of hydrogen-bond donors (Lipinski definition) is 2. The minimum Gasteiger partial charge on any atom is -0.383 e. The zero-order valence-corrected chi connectivity index (χ0v) is 13.0. The van der Waals surface area contributed by atoms with E-state index in [1.165, 1.54) is 6.42 Å². The van der Waals surface area contributed by atoms with Crippen molar-refractivity contribution >= 4 is 18.3 Å². The van der Waals surface area contributed by atoms with Gasteiger partial charge in [0.1, 0.15) is 6.04 Å². The van der Waals surface area contributed by atoms with Crippen LogP contribution in [-0.2, 0) is 9.53 Å². The molecule has 1 rings (SSSR count). The van der Waals surface area contributed by atoms with Gasteiger partial charge in [-0.3, -0.25) is 9.69 Å². The summed E-state index contributed by atoms with van der Waals surface area (Å²) in [6.45, 7) is 7.66. The highest BCUT2D eigenvalue weighted by Gasteiger charge is 2.25. The molecule has 3 N–H and O–H groups in total. The Kier molecular flexibility index (Phi) is 9.35. The Morgan fingerprint density at radius 2 is 2.21 bits per heavy atom. The van der Waals surface area contributed by atoms with Crippen molar-refractivity contribution in [1.29, 1.82) is 0 Å². The van der Waals surface area contributed by atoms with E-state index in [0.29, 0.717) is 18.5 Å². The molecule has 1 fully saturated rings. The maximum absolute atomic E-state index is 11.7. The molecule has 6 heteroatoms. The van der Waals surface area contributed by atoms with Crippen LogP contribution in [0.15, 0.2) is 0 Å². The molecule has 0 aromatic heterocycles. The largest absolute Gasteiger partial charge is 0.383 e. The van der Waals surface area contributed by atoms with Crippen molar-refractivity contribution < 1.29 is 9.53 Å². The zero-order valence-electron chi connectivity index (χ0n) is 12.2. The summed E-state index contributed by atoms with van der Waals surface area (Å²) in [5.41, 5.74) is 5.68. The number of nitrogens with two attached hydrogens (primary N) is 1. The van der Waals surface area contributed by atoms with Crippen LogP contribution in [0.1, 0.15) is 26.7 Å². The minimum atomic E-state index is -0.560. The van der Waals surface area contributed by atoms with E-state index in [2.05, 4.69) is 24.1 Å². The van der Waals surface area contributed by atoms with Crippen molar-refractivity contribution in [2.24, 2.45) is 11.7 Å². The molecule has 2 atom stereocenters. The van der Waals surface area contributed by atoms with Crippen LogP contribution in [0.25, 0.3) is 0 Å². The first-order chi connectivity index (χ1) is 8.54. The molecule has 19 heavy (non-hydrogen) atoms. The zero-order chi connectivity index (χ0) is 13.5. The summed E-state index contributed by atoms with van der Waals surface area (Å²) >= 11 is 0. The van der Waals surface area contributed by atoms with E-state index in [-0.39, 0.29) is 24.9 Å². The van der Waals surface area contributed by atoms with Gasteiger partial charge in [-0.15, -0.1) is 12.4 Å². The lowest BCUT2D eigenvalue weighted by molar-refractivity contribution is -0.123. The van der Waals surface area contributed by atoms with E-state index < -0.39 is 6.04 Å². The van der Waals surface area contributed by atoms with Crippen molar-refractivity contribution in [2.75, 3.05) is 33.4 Å². The summed E-state index contributed by atoms with van der Waals surface area (Å²) < 4.78 is 4.87. The molecule has 0 aromatic carbocycles. The molecule has 0 aliphatic carbocycles. The molecule has 1 unspecified atom stereocenters. The number of rotatable bonds is 7. The predicted octanol–water partition coefficient (Wildman–Crippen LogP) is 0.619. The van der Waals surface area contributed by atoms with Crippen LogP contribution in [0.4, 0.5) is 0 Å². The molecule has 0 radical (unpaired) electrons. The fourth-order valence-electron chi connectivity index (χ4n) is 2.44. The van der Waals surface area contributed by atoms with Crippen molar-refractivity contribution in [3.63, 3.8) is 0 Å². The third kappa shape index (κ3) is 6.56. The van der Waals surface area contributed by atoms with Gasteiger partial charge in [-0.1, -0.05) is 13.8 Å². The molecule has 1 aliphatic heterocycles. The van der Waals surface area contributed by atoms with E-state index in [1.54, 1.807) is 7.11 Å². The van der Waals surface area contributed by atoms with Crippen LogP contribution < -0.4 is 11.1 Å². The Morgan fingerprint density at radius 3 is 2.79 bits per heavy atom. The normalized spacial score (nSPS) is 21.2. The number of halogens is 1. The quantitative estimate of drug-likeness (QED) is 0.722. The summed E-state index contributed by atoms with van der Waals surface area (Å²) in [5.74, 6) is 0.547. The number of carbonyl (C=O) groups is 1. The van der Waals surface area contributed by atoms with Crippen molar-refractivity contribution in [1.82, 2.24) is 10.2 Å². The number of methoxy groups -OCH3 is 1. The van der Waals surface area contributed by atoms with Crippen LogP contribution in [0.5, 0.6) is 0 Å². The molecule has 0 bridgehead atoms. The van der Waals surface area contributed by atoms with Crippen molar-refractivity contribution in [2.45, 2.75) is 38.8 Å². The van der Waals surface area contributed by atoms with Gasteiger partial charge in [0, 0.05) is 26.2 Å². The van der Waals surface area contributed by atoms with Gasteiger partial charge >= 0.3 is 0 Å². The molecule has 1 heterocycles. The first-order valence-electron chi connectivity index (χ1n) is 6.80. The second-order valence-corrected chi connectivity index (χ2v) is 5.49. The van der Waals surface area contributed by atoms with Gasteiger partial charge in [0.25, 0.3) is 0 Å². The fourth-order valence-corrected chi connectivity index (χ4v) is 2.44. The highest BCUT2D eigenvalue weighted by atomic mass is 35.5. The first kappa shape index (κ1) is 18.6. The Morgan fingerprint density at radius 1 is 1.53 bits per heavy atom. The highest BCUT2D eigenvalue weighted by molar-refractivity contribution is 5.85. The Bertz CT molecular complexity index is 264. The smallest absolute Gasteiger partial charge is 0.239 e. The average molecular weight is 294 g/mol. The predicted molar refractivity (Wildman–Crippen MR) is 79.5 cm³/mol. The van der Waals surface area contributed by atoms with Crippen LogP contribution in [0.2, 0.25) is 0 Å². The van der Waals surface area contributed by atoms with Crippen molar-refractivity contribution in [3.8, 4) is 0 Å². The number of hydrogen-bond acceptors (Lipinski definition) is 4. The molecule has 0 spiro atoms. The van der Waals surface area contributed by atoms with Gasteiger partial charge in [0.2, 0.25) is 5.91 Å². The minimum absolute atomic E-state index is 0. The second kappa shape index (κ2) is 9.53. The van der Waals surface area contributed by atoms with Gasteiger partial charge in [-0.05, 0) is 25.3 Å². The molecule has 1 amide bonds. The number of ether oxygens (including phenoxy) is 1. The van der Waals surface area contributed by atoms with E-state index in [9.17, 15) is 4.79 Å². The highest BCUT2D eigenvalue weighted by Crippen LogP contribution is 2.17. The van der Waals surface area contributed by atoms with E-state index in [0.717, 1.165) is 19.5 Å². The molecular formula is C13H28ClN3O2. The lowest BCUT2D eigenvalue weighted by Crippen LogP contribution is -2.48. The standard InChI is InChI=1S/C13H27N3O2.ClH/c1-10(2)8-16-6-4-5-11(16)7-15-13(17)12(14)9-18-3;/h10-12H,4-9,14H2,1-3H3,(H,15,17);1H/t11-,12?;/m1./s1. The molecule has 114 valence electrons. The van der Waals surface area contributed by atoms with E-state index in [1.807, 2.05) is 0 Å². The molecular weight excluding hydrogens is 266 g/mol. The number of carbonyl (C=O) groups excluding carboxylic acids is 1. The summed E-state index contributed by atoms with van der Waals surface area (Å²) in [4.78, 5) is 14.1. The molecule has 5 nitrogen and oxygen atoms in total. The van der Waals surface area contributed by atoms with Gasteiger partial charge in [-0.2, -0.15) is 0 Å². The third-order valence-corrected chi connectivity index (χ3v) is 3.29. The van der Waals surface area contributed by atoms with Crippen molar-refractivity contribution in [3.05, 3.63) is 0 Å². The molecule has 0 saturated carbocycles. The SMILES string of the molecule is COCC(N)C(=O)NC[C@H]1CCCN1CC(C)C.Cl. The maximum atomic E-state index is 11.7. The summed E-state index contributed by atoms with van der Waals surface area (Å²) in [6, 6.07) is -0.0963. The van der Waals surface area contributed by atoms with Crippen LogP contribution in [-0.4, -0.2) is 56.2 Å². The summed E-state index contributed by atoms with van der Waals surface area (Å²) in [6.07, 6.45) is 2.38. The van der Waals surface area contributed by atoms with Crippen LogP contribution in [0, 0.1) is 5.92 Å². The van der Waals surface area contributed by atoms with E-state index >= 15 is 0 Å². The third-order valence-electron chi connectivity index (χ3n) is 3.29. The summed E-state index contributed by atoms with van der Waals surface area (Å²) in [7, 11) is 1.55. The van der Waals surface area contributed by atoms with Gasteiger partial charge in [-0.25, -0.2) is 0 Å². The Hall–Kier alpha value is -0.360. The number of amides is 1. The maximum Gasteiger partial charge on any atom is 0.239 e. The fraction of sp³-hybridized carbons (Fsp3) is 0.923. The van der Waals surface area contributed by atoms with E-state index in [4.69, 9.17) is 10.5 Å². The number of nitrogens with one attached hydrogen (secondary N) is 1. The topological polar surface area (TPSA) is 67.6 Å². The van der Waals surface area contributed by atoms with Gasteiger partial charge in [0.15, 0.2) is 0 Å².